The number of carbonyl (C=O) groups is 1. The number of rotatable bonds is 2. The van der Waals surface area contributed by atoms with Crippen LogP contribution in [0.25, 0.3) is 0 Å². The van der Waals surface area contributed by atoms with Gasteiger partial charge in [-0.3, -0.25) is 4.79 Å². The van der Waals surface area contributed by atoms with Crippen LogP contribution in [0.4, 0.5) is 5.69 Å². The number of amides is 1. The summed E-state index contributed by atoms with van der Waals surface area (Å²) in [5, 5.41) is 2.96. The molecule has 1 aromatic heterocycles. The highest BCUT2D eigenvalue weighted by atomic mass is 16.3. The Morgan fingerprint density at radius 2 is 1.84 bits per heavy atom. The van der Waals surface area contributed by atoms with E-state index in [1.54, 1.807) is 13.0 Å². The highest BCUT2D eigenvalue weighted by Gasteiger charge is 2.19. The first-order valence-electron chi connectivity index (χ1n) is 6.34. The Kier molecular flexibility index (Phi) is 3.47. The van der Waals surface area contributed by atoms with Gasteiger partial charge in [-0.15, -0.1) is 0 Å². The zero-order valence-electron chi connectivity index (χ0n) is 11.8. The third-order valence-corrected chi connectivity index (χ3v) is 3.09. The summed E-state index contributed by atoms with van der Waals surface area (Å²) in [6.07, 6.45) is 1.53. The topological polar surface area (TPSA) is 42.2 Å². The van der Waals surface area contributed by atoms with Gasteiger partial charge < -0.3 is 9.73 Å². The summed E-state index contributed by atoms with van der Waals surface area (Å²) in [6.45, 7) is 8.16. The normalized spacial score (nSPS) is 11.4. The second kappa shape index (κ2) is 4.92. The first-order chi connectivity index (χ1) is 8.89. The maximum atomic E-state index is 12.2. The van der Waals surface area contributed by atoms with Gasteiger partial charge in [0, 0.05) is 5.69 Å². The van der Waals surface area contributed by atoms with Crippen molar-refractivity contribution < 1.29 is 9.21 Å². The molecule has 0 atom stereocenters. The summed E-state index contributed by atoms with van der Waals surface area (Å²) in [5.41, 5.74) is 2.52. The Morgan fingerprint density at radius 1 is 1.16 bits per heavy atom. The number of nitrogens with one attached hydrogen (secondary N) is 1. The van der Waals surface area contributed by atoms with Crippen LogP contribution >= 0.6 is 0 Å². The zero-order chi connectivity index (χ0) is 14.0. The molecule has 0 saturated carbocycles. The molecule has 0 saturated heterocycles. The summed E-state index contributed by atoms with van der Waals surface area (Å²) >= 11 is 0. The van der Waals surface area contributed by atoms with Gasteiger partial charge >= 0.3 is 0 Å². The van der Waals surface area contributed by atoms with Crippen LogP contribution in [0.2, 0.25) is 0 Å². The molecule has 1 heterocycles. The van der Waals surface area contributed by atoms with Crippen molar-refractivity contribution in [1.29, 1.82) is 0 Å². The molecule has 0 radical (unpaired) electrons. The van der Waals surface area contributed by atoms with Crippen molar-refractivity contribution in [3.05, 3.63) is 53.5 Å². The molecule has 1 N–H and O–H groups in total. The molecule has 2 aromatic rings. The third-order valence-electron chi connectivity index (χ3n) is 3.09. The van der Waals surface area contributed by atoms with Gasteiger partial charge in [0.15, 0.2) is 0 Å². The van der Waals surface area contributed by atoms with Gasteiger partial charge in [0.2, 0.25) is 0 Å². The van der Waals surface area contributed by atoms with E-state index in [-0.39, 0.29) is 11.3 Å². The Balaban J connectivity index is 2.30. The van der Waals surface area contributed by atoms with Crippen molar-refractivity contribution >= 4 is 11.6 Å². The van der Waals surface area contributed by atoms with Crippen molar-refractivity contribution in [2.24, 2.45) is 0 Å². The first kappa shape index (κ1) is 13.4. The molecule has 0 spiro atoms. The number of aryl methyl sites for hydroxylation is 1. The molecule has 1 amide bonds. The summed E-state index contributed by atoms with van der Waals surface area (Å²) in [7, 11) is 0. The highest BCUT2D eigenvalue weighted by molar-refractivity contribution is 6.05. The molecule has 3 heteroatoms. The van der Waals surface area contributed by atoms with Gasteiger partial charge in [-0.25, -0.2) is 0 Å². The van der Waals surface area contributed by atoms with Gasteiger partial charge in [0.1, 0.15) is 5.76 Å². The van der Waals surface area contributed by atoms with Crippen LogP contribution in [0.3, 0.4) is 0 Å². The summed E-state index contributed by atoms with van der Waals surface area (Å²) in [5.74, 6) is 0.494. The lowest BCUT2D eigenvalue weighted by atomic mass is 9.86. The Bertz CT molecular complexity index is 591. The fraction of sp³-hybridized carbons (Fsp3) is 0.312. The van der Waals surface area contributed by atoms with E-state index in [0.717, 1.165) is 11.3 Å². The Labute approximate surface area is 113 Å². The number of hydrogen-bond donors (Lipinski definition) is 1. The monoisotopic (exact) mass is 257 g/mol. The summed E-state index contributed by atoms with van der Waals surface area (Å²) < 4.78 is 5.16. The van der Waals surface area contributed by atoms with Crippen molar-refractivity contribution in [3.63, 3.8) is 0 Å². The van der Waals surface area contributed by atoms with E-state index in [9.17, 15) is 4.79 Å². The number of furan rings is 1. The number of hydrogen-bond acceptors (Lipinski definition) is 2. The zero-order valence-corrected chi connectivity index (χ0v) is 11.8. The Hall–Kier alpha value is -2.03. The number of anilines is 1. The van der Waals surface area contributed by atoms with Gasteiger partial charge in [0.25, 0.3) is 5.91 Å². The van der Waals surface area contributed by atoms with Crippen molar-refractivity contribution in [1.82, 2.24) is 0 Å². The maximum absolute atomic E-state index is 12.2. The molecule has 0 bridgehead atoms. The average molecular weight is 257 g/mol. The number of carbonyl (C=O) groups excluding carboxylic acids is 1. The molecule has 1 aromatic carbocycles. The predicted molar refractivity (Wildman–Crippen MR) is 76.5 cm³/mol. The van der Waals surface area contributed by atoms with E-state index < -0.39 is 0 Å². The molecular weight excluding hydrogens is 238 g/mol. The molecule has 2 rings (SSSR count). The molecule has 3 nitrogen and oxygen atoms in total. The van der Waals surface area contributed by atoms with Gasteiger partial charge in [-0.05, 0) is 30.0 Å². The maximum Gasteiger partial charge on any atom is 0.259 e. The smallest absolute Gasteiger partial charge is 0.259 e. The lowest BCUT2D eigenvalue weighted by Crippen LogP contribution is -2.18. The largest absolute Gasteiger partial charge is 0.469 e. The van der Waals surface area contributed by atoms with Crippen molar-refractivity contribution in [2.45, 2.75) is 33.1 Å². The van der Waals surface area contributed by atoms with E-state index >= 15 is 0 Å². The Morgan fingerprint density at radius 3 is 2.42 bits per heavy atom. The molecule has 19 heavy (non-hydrogen) atoms. The average Bonchev–Trinajstić information content (AvgIpc) is 2.75. The van der Waals surface area contributed by atoms with E-state index in [0.29, 0.717) is 11.3 Å². The second-order valence-electron chi connectivity index (χ2n) is 5.64. The van der Waals surface area contributed by atoms with E-state index in [2.05, 4.69) is 26.1 Å². The minimum Gasteiger partial charge on any atom is -0.469 e. The molecule has 100 valence electrons. The molecule has 0 aliphatic heterocycles. The van der Waals surface area contributed by atoms with Crippen LogP contribution in [0.15, 0.2) is 41.0 Å². The SMILES string of the molecule is Cc1occc1C(=O)Nc1ccccc1C(C)(C)C. The van der Waals surface area contributed by atoms with Gasteiger partial charge in [-0.2, -0.15) is 0 Å². The molecular formula is C16H19NO2. The van der Waals surface area contributed by atoms with Crippen LogP contribution < -0.4 is 5.32 Å². The second-order valence-corrected chi connectivity index (χ2v) is 5.64. The summed E-state index contributed by atoms with van der Waals surface area (Å²) in [4.78, 5) is 12.2. The standard InChI is InChI=1S/C16H19NO2/c1-11-12(9-10-19-11)15(18)17-14-8-6-5-7-13(14)16(2,3)4/h5-10H,1-4H3,(H,17,18). The number of para-hydroxylation sites is 1. The lowest BCUT2D eigenvalue weighted by Gasteiger charge is -2.22. The third kappa shape index (κ3) is 2.87. The van der Waals surface area contributed by atoms with E-state index in [1.165, 1.54) is 6.26 Å². The van der Waals surface area contributed by atoms with Crippen molar-refractivity contribution in [2.75, 3.05) is 5.32 Å². The molecule has 0 fully saturated rings. The van der Waals surface area contributed by atoms with E-state index in [4.69, 9.17) is 4.42 Å². The van der Waals surface area contributed by atoms with Crippen LogP contribution in [0.5, 0.6) is 0 Å². The fourth-order valence-corrected chi connectivity index (χ4v) is 2.06. The van der Waals surface area contributed by atoms with Crippen LogP contribution in [0.1, 0.15) is 42.5 Å². The van der Waals surface area contributed by atoms with Crippen LogP contribution in [-0.2, 0) is 5.41 Å². The minimum absolute atomic E-state index is 0.0185. The number of benzene rings is 1. The molecule has 0 aliphatic carbocycles. The minimum atomic E-state index is -0.136. The highest BCUT2D eigenvalue weighted by Crippen LogP contribution is 2.29. The first-order valence-corrected chi connectivity index (χ1v) is 6.34. The quantitative estimate of drug-likeness (QED) is 0.878. The molecule has 0 aliphatic rings. The van der Waals surface area contributed by atoms with Crippen LogP contribution in [0, 0.1) is 6.92 Å². The summed E-state index contributed by atoms with van der Waals surface area (Å²) in [6, 6.07) is 9.56. The van der Waals surface area contributed by atoms with Crippen LogP contribution in [-0.4, -0.2) is 5.91 Å². The lowest BCUT2D eigenvalue weighted by molar-refractivity contribution is 0.102. The van der Waals surface area contributed by atoms with Gasteiger partial charge in [0.05, 0.1) is 11.8 Å². The molecule has 0 unspecified atom stereocenters. The van der Waals surface area contributed by atoms with E-state index in [1.807, 2.05) is 24.3 Å². The fourth-order valence-electron chi connectivity index (χ4n) is 2.06. The van der Waals surface area contributed by atoms with Gasteiger partial charge in [-0.1, -0.05) is 39.0 Å². The van der Waals surface area contributed by atoms with Crippen molar-refractivity contribution in [3.8, 4) is 0 Å². The predicted octanol–water partition coefficient (Wildman–Crippen LogP) is 4.14.